The zero-order chi connectivity index (χ0) is 17.1. The Morgan fingerprint density at radius 3 is 2.21 bits per heavy atom. The van der Waals surface area contributed by atoms with Gasteiger partial charge in [-0.25, -0.2) is 4.79 Å². The molecule has 126 valence electrons. The second kappa shape index (κ2) is 6.95. The quantitative estimate of drug-likeness (QED) is 0.916. The molecular weight excluding hydrogens is 300 g/mol. The van der Waals surface area contributed by atoms with Crippen molar-refractivity contribution in [3.8, 4) is 11.1 Å². The summed E-state index contributed by atoms with van der Waals surface area (Å²) < 4.78 is 0. The Balaban J connectivity index is 1.72. The lowest BCUT2D eigenvalue weighted by Gasteiger charge is -2.34. The third kappa shape index (κ3) is 3.53. The summed E-state index contributed by atoms with van der Waals surface area (Å²) in [7, 11) is 0. The first kappa shape index (κ1) is 16.4. The zero-order valence-corrected chi connectivity index (χ0v) is 14.3. The molecule has 0 radical (unpaired) electrons. The standard InChI is InChI=1S/C20H24N2O2/c1-15(2)17-4-3-5-18(14-17)16-6-8-19(9-7-16)21-10-12-22(13-11-21)20(23)24/h3-9,14-15H,10-13H2,1-2H3,(H,23,24). The lowest BCUT2D eigenvalue weighted by atomic mass is 9.97. The minimum absolute atomic E-state index is 0.523. The van der Waals surface area contributed by atoms with Gasteiger partial charge in [-0.3, -0.25) is 0 Å². The van der Waals surface area contributed by atoms with Crippen molar-refractivity contribution in [1.82, 2.24) is 4.90 Å². The van der Waals surface area contributed by atoms with E-state index in [-0.39, 0.29) is 0 Å². The van der Waals surface area contributed by atoms with E-state index < -0.39 is 6.09 Å². The van der Waals surface area contributed by atoms with E-state index in [0.717, 1.165) is 18.8 Å². The van der Waals surface area contributed by atoms with Crippen molar-refractivity contribution >= 4 is 11.8 Å². The van der Waals surface area contributed by atoms with Crippen molar-refractivity contribution in [2.75, 3.05) is 31.1 Å². The molecule has 0 bridgehead atoms. The number of rotatable bonds is 3. The summed E-state index contributed by atoms with van der Waals surface area (Å²) in [5, 5.41) is 9.03. The first-order valence-electron chi connectivity index (χ1n) is 8.48. The number of anilines is 1. The molecule has 2 aromatic rings. The first-order valence-corrected chi connectivity index (χ1v) is 8.48. The number of nitrogens with zero attached hydrogens (tertiary/aromatic N) is 2. The number of benzene rings is 2. The van der Waals surface area contributed by atoms with Crippen LogP contribution >= 0.6 is 0 Å². The van der Waals surface area contributed by atoms with Crippen LogP contribution in [0.2, 0.25) is 0 Å². The normalized spacial score (nSPS) is 15.0. The Labute approximate surface area is 143 Å². The van der Waals surface area contributed by atoms with E-state index >= 15 is 0 Å². The molecule has 24 heavy (non-hydrogen) atoms. The van der Waals surface area contributed by atoms with Gasteiger partial charge in [-0.15, -0.1) is 0 Å². The molecule has 1 fully saturated rings. The Kier molecular flexibility index (Phi) is 4.74. The average molecular weight is 324 g/mol. The second-order valence-electron chi connectivity index (χ2n) is 6.58. The summed E-state index contributed by atoms with van der Waals surface area (Å²) in [6.45, 7) is 7.03. The van der Waals surface area contributed by atoms with Gasteiger partial charge in [0.2, 0.25) is 0 Å². The highest BCUT2D eigenvalue weighted by atomic mass is 16.4. The number of carboxylic acid groups (broad SMARTS) is 1. The van der Waals surface area contributed by atoms with Gasteiger partial charge in [0.1, 0.15) is 0 Å². The minimum atomic E-state index is -0.824. The molecule has 0 atom stereocenters. The Bertz CT molecular complexity index is 702. The molecule has 0 aliphatic carbocycles. The van der Waals surface area contributed by atoms with Gasteiger partial charge in [0, 0.05) is 31.9 Å². The highest BCUT2D eigenvalue weighted by Gasteiger charge is 2.20. The first-order chi connectivity index (χ1) is 11.5. The van der Waals surface area contributed by atoms with E-state index in [9.17, 15) is 4.79 Å². The van der Waals surface area contributed by atoms with Gasteiger partial charge in [0.05, 0.1) is 0 Å². The van der Waals surface area contributed by atoms with Crippen molar-refractivity contribution in [3.63, 3.8) is 0 Å². The topological polar surface area (TPSA) is 43.8 Å². The van der Waals surface area contributed by atoms with Crippen LogP contribution in [0.5, 0.6) is 0 Å². The predicted octanol–water partition coefficient (Wildman–Crippen LogP) is 4.28. The van der Waals surface area contributed by atoms with E-state index in [2.05, 4.69) is 67.3 Å². The van der Waals surface area contributed by atoms with Crippen molar-refractivity contribution in [2.24, 2.45) is 0 Å². The molecule has 1 saturated heterocycles. The lowest BCUT2D eigenvalue weighted by molar-refractivity contribution is 0.142. The van der Waals surface area contributed by atoms with E-state index in [1.165, 1.54) is 21.6 Å². The van der Waals surface area contributed by atoms with E-state index in [4.69, 9.17) is 5.11 Å². The molecule has 0 unspecified atom stereocenters. The van der Waals surface area contributed by atoms with Crippen LogP contribution in [0, 0.1) is 0 Å². The number of hydrogen-bond donors (Lipinski definition) is 1. The maximum absolute atomic E-state index is 11.0. The molecular formula is C20H24N2O2. The summed E-state index contributed by atoms with van der Waals surface area (Å²) in [5.41, 5.74) is 4.96. The fourth-order valence-electron chi connectivity index (χ4n) is 3.10. The SMILES string of the molecule is CC(C)c1cccc(-c2ccc(N3CCN(C(=O)O)CC3)cc2)c1. The summed E-state index contributed by atoms with van der Waals surface area (Å²) >= 11 is 0. The van der Waals surface area contributed by atoms with Crippen molar-refractivity contribution < 1.29 is 9.90 Å². The summed E-state index contributed by atoms with van der Waals surface area (Å²) in [6.07, 6.45) is -0.824. The van der Waals surface area contributed by atoms with Crippen LogP contribution in [0.1, 0.15) is 25.3 Å². The number of amides is 1. The molecule has 2 aromatic carbocycles. The maximum Gasteiger partial charge on any atom is 0.407 e. The van der Waals surface area contributed by atoms with E-state index in [0.29, 0.717) is 19.0 Å². The van der Waals surface area contributed by atoms with Gasteiger partial charge in [0.15, 0.2) is 0 Å². The lowest BCUT2D eigenvalue weighted by Crippen LogP contribution is -2.48. The van der Waals surface area contributed by atoms with Crippen molar-refractivity contribution in [1.29, 1.82) is 0 Å². The van der Waals surface area contributed by atoms with Gasteiger partial charge in [-0.1, -0.05) is 50.2 Å². The molecule has 4 heteroatoms. The van der Waals surface area contributed by atoms with Crippen LogP contribution in [-0.2, 0) is 0 Å². The number of carbonyl (C=O) groups is 1. The smallest absolute Gasteiger partial charge is 0.407 e. The number of piperazine rings is 1. The van der Waals surface area contributed by atoms with Gasteiger partial charge >= 0.3 is 6.09 Å². The van der Waals surface area contributed by atoms with Crippen molar-refractivity contribution in [3.05, 3.63) is 54.1 Å². The van der Waals surface area contributed by atoms with E-state index in [1.54, 1.807) is 0 Å². The molecule has 1 aliphatic heterocycles. The number of hydrogen-bond acceptors (Lipinski definition) is 2. The highest BCUT2D eigenvalue weighted by molar-refractivity contribution is 5.68. The average Bonchev–Trinajstić information content (AvgIpc) is 2.62. The molecule has 0 aromatic heterocycles. The third-order valence-electron chi connectivity index (χ3n) is 4.67. The molecule has 1 amide bonds. The minimum Gasteiger partial charge on any atom is -0.465 e. The summed E-state index contributed by atoms with van der Waals surface area (Å²) in [5.74, 6) is 0.523. The van der Waals surface area contributed by atoms with E-state index in [1.807, 2.05) is 0 Å². The molecule has 3 rings (SSSR count). The zero-order valence-electron chi connectivity index (χ0n) is 14.3. The highest BCUT2D eigenvalue weighted by Crippen LogP contribution is 2.26. The Morgan fingerprint density at radius 2 is 1.62 bits per heavy atom. The van der Waals surface area contributed by atoms with Crippen LogP contribution in [0.15, 0.2) is 48.5 Å². The second-order valence-corrected chi connectivity index (χ2v) is 6.58. The molecule has 0 spiro atoms. The fraction of sp³-hybridized carbons (Fsp3) is 0.350. The Morgan fingerprint density at radius 1 is 0.958 bits per heavy atom. The third-order valence-corrected chi connectivity index (χ3v) is 4.67. The predicted molar refractivity (Wildman–Crippen MR) is 97.8 cm³/mol. The maximum atomic E-state index is 11.0. The Hall–Kier alpha value is -2.49. The van der Waals surface area contributed by atoms with Gasteiger partial charge in [0.25, 0.3) is 0 Å². The van der Waals surface area contributed by atoms with Crippen LogP contribution in [0.4, 0.5) is 10.5 Å². The largest absolute Gasteiger partial charge is 0.465 e. The van der Waals surface area contributed by atoms with Gasteiger partial charge in [-0.2, -0.15) is 0 Å². The monoisotopic (exact) mass is 324 g/mol. The molecule has 4 nitrogen and oxygen atoms in total. The molecule has 0 saturated carbocycles. The molecule has 1 aliphatic rings. The molecule has 1 heterocycles. The summed E-state index contributed by atoms with van der Waals surface area (Å²) in [6, 6.07) is 17.3. The fourth-order valence-corrected chi connectivity index (χ4v) is 3.10. The van der Waals surface area contributed by atoms with Crippen molar-refractivity contribution in [2.45, 2.75) is 19.8 Å². The van der Waals surface area contributed by atoms with Gasteiger partial charge in [-0.05, 0) is 34.7 Å². The van der Waals surface area contributed by atoms with Crippen LogP contribution < -0.4 is 4.90 Å². The van der Waals surface area contributed by atoms with Crippen LogP contribution in [0.25, 0.3) is 11.1 Å². The molecule has 1 N–H and O–H groups in total. The van der Waals surface area contributed by atoms with Crippen LogP contribution in [-0.4, -0.2) is 42.3 Å². The van der Waals surface area contributed by atoms with Crippen LogP contribution in [0.3, 0.4) is 0 Å². The van der Waals surface area contributed by atoms with Gasteiger partial charge < -0.3 is 14.9 Å². The summed E-state index contributed by atoms with van der Waals surface area (Å²) in [4.78, 5) is 14.7.